The first kappa shape index (κ1) is 17.6. The van der Waals surface area contributed by atoms with Crippen LogP contribution < -0.4 is 4.74 Å². The molecule has 6 nitrogen and oxygen atoms in total. The zero-order valence-electron chi connectivity index (χ0n) is 14.5. The van der Waals surface area contributed by atoms with E-state index in [1.54, 1.807) is 23.0 Å². The van der Waals surface area contributed by atoms with E-state index in [1.165, 1.54) is 30.6 Å². The minimum Gasteiger partial charge on any atom is -0.484 e. The largest absolute Gasteiger partial charge is 0.484 e. The van der Waals surface area contributed by atoms with Gasteiger partial charge in [0.15, 0.2) is 6.61 Å². The van der Waals surface area contributed by atoms with Crippen LogP contribution in [-0.2, 0) is 4.79 Å². The molecule has 134 valence electrons. The van der Waals surface area contributed by atoms with Crippen molar-refractivity contribution >= 4 is 5.91 Å². The van der Waals surface area contributed by atoms with Crippen LogP contribution in [0.25, 0.3) is 5.69 Å². The van der Waals surface area contributed by atoms with Crippen molar-refractivity contribution < 1.29 is 13.9 Å². The fourth-order valence-corrected chi connectivity index (χ4v) is 2.46. The van der Waals surface area contributed by atoms with Gasteiger partial charge in [0.2, 0.25) is 0 Å². The molecule has 7 heteroatoms. The number of carbonyl (C=O) groups excluding carboxylic acids is 1. The lowest BCUT2D eigenvalue weighted by Gasteiger charge is -2.25. The summed E-state index contributed by atoms with van der Waals surface area (Å²) >= 11 is 0. The van der Waals surface area contributed by atoms with Crippen molar-refractivity contribution in [2.75, 3.05) is 13.7 Å². The standard InChI is InChI=1S/C19H19FN4O2/c1-14(15-3-7-17(8-4-15)24-13-21-12-22-24)23(2)19(25)11-26-18-9-5-16(20)6-10-18/h3-10,12-14H,11H2,1-2H3/t14-/m0/s1. The SMILES string of the molecule is C[C@@H](c1ccc(-n2cncn2)cc1)N(C)C(=O)COc1ccc(F)cc1. The van der Waals surface area contributed by atoms with Crippen LogP contribution >= 0.6 is 0 Å². The Bertz CT molecular complexity index is 848. The molecule has 1 atom stereocenters. The summed E-state index contributed by atoms with van der Waals surface area (Å²) in [4.78, 5) is 17.9. The van der Waals surface area contributed by atoms with Crippen molar-refractivity contribution in [1.82, 2.24) is 19.7 Å². The average Bonchev–Trinajstić information content (AvgIpc) is 3.21. The molecule has 0 radical (unpaired) electrons. The number of aromatic nitrogens is 3. The van der Waals surface area contributed by atoms with Crippen LogP contribution in [0.3, 0.4) is 0 Å². The lowest BCUT2D eigenvalue weighted by atomic mass is 10.1. The van der Waals surface area contributed by atoms with Crippen molar-refractivity contribution in [3.63, 3.8) is 0 Å². The summed E-state index contributed by atoms with van der Waals surface area (Å²) in [5.41, 5.74) is 1.89. The Morgan fingerprint density at radius 1 is 1.19 bits per heavy atom. The van der Waals surface area contributed by atoms with E-state index in [4.69, 9.17) is 4.74 Å². The third kappa shape index (κ3) is 4.05. The van der Waals surface area contributed by atoms with E-state index in [9.17, 15) is 9.18 Å². The van der Waals surface area contributed by atoms with Gasteiger partial charge in [-0.3, -0.25) is 4.79 Å². The normalized spacial score (nSPS) is 11.8. The van der Waals surface area contributed by atoms with Gasteiger partial charge in [-0.2, -0.15) is 5.10 Å². The van der Waals surface area contributed by atoms with E-state index in [-0.39, 0.29) is 24.4 Å². The summed E-state index contributed by atoms with van der Waals surface area (Å²) in [6.45, 7) is 1.84. The molecule has 3 rings (SSSR count). The first-order valence-corrected chi connectivity index (χ1v) is 8.13. The Balaban J connectivity index is 1.60. The number of hydrogen-bond acceptors (Lipinski definition) is 4. The summed E-state index contributed by atoms with van der Waals surface area (Å²) < 4.78 is 20.0. The number of ether oxygens (including phenoxy) is 1. The highest BCUT2D eigenvalue weighted by Crippen LogP contribution is 2.20. The van der Waals surface area contributed by atoms with Gasteiger partial charge in [0.1, 0.15) is 24.2 Å². The molecular weight excluding hydrogens is 335 g/mol. The lowest BCUT2D eigenvalue weighted by molar-refractivity contribution is -0.134. The van der Waals surface area contributed by atoms with E-state index in [2.05, 4.69) is 10.1 Å². The van der Waals surface area contributed by atoms with Crippen molar-refractivity contribution in [2.45, 2.75) is 13.0 Å². The Kier molecular flexibility index (Phi) is 5.26. The zero-order valence-corrected chi connectivity index (χ0v) is 14.5. The molecule has 0 aliphatic carbocycles. The second kappa shape index (κ2) is 7.77. The molecule has 0 unspecified atom stereocenters. The first-order valence-electron chi connectivity index (χ1n) is 8.13. The van der Waals surface area contributed by atoms with Crippen LogP contribution in [0.5, 0.6) is 5.75 Å². The number of benzene rings is 2. The topological polar surface area (TPSA) is 60.2 Å². The van der Waals surface area contributed by atoms with Crippen molar-refractivity contribution in [2.24, 2.45) is 0 Å². The fourth-order valence-electron chi connectivity index (χ4n) is 2.46. The molecule has 0 aliphatic rings. The third-order valence-electron chi connectivity index (χ3n) is 4.21. The maximum absolute atomic E-state index is 12.9. The van der Waals surface area contributed by atoms with Crippen molar-refractivity contribution in [3.05, 3.63) is 72.6 Å². The molecule has 3 aromatic rings. The molecule has 0 bridgehead atoms. The Hall–Kier alpha value is -3.22. The highest BCUT2D eigenvalue weighted by Gasteiger charge is 2.18. The molecule has 0 fully saturated rings. The van der Waals surface area contributed by atoms with Gasteiger partial charge in [-0.1, -0.05) is 12.1 Å². The second-order valence-electron chi connectivity index (χ2n) is 5.85. The predicted molar refractivity (Wildman–Crippen MR) is 94.4 cm³/mol. The molecule has 1 amide bonds. The highest BCUT2D eigenvalue weighted by atomic mass is 19.1. The van der Waals surface area contributed by atoms with Gasteiger partial charge < -0.3 is 9.64 Å². The van der Waals surface area contributed by atoms with Gasteiger partial charge in [-0.15, -0.1) is 0 Å². The van der Waals surface area contributed by atoms with Crippen LogP contribution in [0, 0.1) is 5.82 Å². The third-order valence-corrected chi connectivity index (χ3v) is 4.21. The summed E-state index contributed by atoms with van der Waals surface area (Å²) in [7, 11) is 1.73. The van der Waals surface area contributed by atoms with E-state index in [1.807, 2.05) is 31.2 Å². The van der Waals surface area contributed by atoms with Gasteiger partial charge >= 0.3 is 0 Å². The van der Waals surface area contributed by atoms with Gasteiger partial charge in [0.05, 0.1) is 11.7 Å². The van der Waals surface area contributed by atoms with Crippen LogP contribution in [0.15, 0.2) is 61.2 Å². The van der Waals surface area contributed by atoms with Gasteiger partial charge in [-0.25, -0.2) is 14.1 Å². The lowest BCUT2D eigenvalue weighted by Crippen LogP contribution is -2.33. The Morgan fingerprint density at radius 3 is 2.50 bits per heavy atom. The van der Waals surface area contributed by atoms with Gasteiger partial charge in [-0.05, 0) is 48.9 Å². The molecule has 0 spiro atoms. The van der Waals surface area contributed by atoms with Crippen molar-refractivity contribution in [1.29, 1.82) is 0 Å². The number of likely N-dealkylation sites (N-methyl/N-ethyl adjacent to an activating group) is 1. The Labute approximate surface area is 150 Å². The number of rotatable bonds is 6. The maximum Gasteiger partial charge on any atom is 0.260 e. The zero-order chi connectivity index (χ0) is 18.5. The van der Waals surface area contributed by atoms with Crippen molar-refractivity contribution in [3.8, 4) is 11.4 Å². The molecule has 1 aromatic heterocycles. The Morgan fingerprint density at radius 2 is 1.88 bits per heavy atom. The van der Waals surface area contributed by atoms with Crippen LogP contribution in [0.4, 0.5) is 4.39 Å². The number of carbonyl (C=O) groups is 1. The summed E-state index contributed by atoms with van der Waals surface area (Å²) in [5, 5.41) is 4.08. The minimum atomic E-state index is -0.344. The predicted octanol–water partition coefficient (Wildman–Crippen LogP) is 3.00. The van der Waals surface area contributed by atoms with Gasteiger partial charge in [0, 0.05) is 7.05 Å². The molecule has 1 heterocycles. The van der Waals surface area contributed by atoms with Crippen LogP contribution in [0.1, 0.15) is 18.5 Å². The highest BCUT2D eigenvalue weighted by molar-refractivity contribution is 5.78. The van der Waals surface area contributed by atoms with Gasteiger partial charge in [0.25, 0.3) is 5.91 Å². The summed E-state index contributed by atoms with van der Waals surface area (Å²) in [6, 6.07) is 13.2. The smallest absolute Gasteiger partial charge is 0.260 e. The van der Waals surface area contributed by atoms with Crippen LogP contribution in [0.2, 0.25) is 0 Å². The molecule has 2 aromatic carbocycles. The van der Waals surface area contributed by atoms with E-state index in [0.29, 0.717) is 5.75 Å². The molecule has 0 saturated heterocycles. The number of nitrogens with zero attached hydrogens (tertiary/aromatic N) is 4. The minimum absolute atomic E-state index is 0.108. The fraction of sp³-hybridized carbons (Fsp3) is 0.211. The summed E-state index contributed by atoms with van der Waals surface area (Å²) in [5.74, 6) is -0.0519. The molecule has 0 N–H and O–H groups in total. The molecule has 0 aliphatic heterocycles. The number of halogens is 1. The average molecular weight is 354 g/mol. The molecular formula is C19H19FN4O2. The van der Waals surface area contributed by atoms with E-state index >= 15 is 0 Å². The quantitative estimate of drug-likeness (QED) is 0.683. The van der Waals surface area contributed by atoms with E-state index < -0.39 is 0 Å². The van der Waals surface area contributed by atoms with Crippen LogP contribution in [-0.4, -0.2) is 39.2 Å². The second-order valence-corrected chi connectivity index (χ2v) is 5.85. The van der Waals surface area contributed by atoms with E-state index in [0.717, 1.165) is 11.3 Å². The molecule has 0 saturated carbocycles. The number of amides is 1. The summed E-state index contributed by atoms with van der Waals surface area (Å²) in [6.07, 6.45) is 3.10. The first-order chi connectivity index (χ1) is 12.5. The maximum atomic E-state index is 12.9. The number of hydrogen-bond donors (Lipinski definition) is 0. The monoisotopic (exact) mass is 354 g/mol. The molecule has 26 heavy (non-hydrogen) atoms.